The van der Waals surface area contributed by atoms with Crippen LogP contribution in [0.25, 0.3) is 0 Å². The van der Waals surface area contributed by atoms with Gasteiger partial charge in [-0.3, -0.25) is 20.0 Å². The van der Waals surface area contributed by atoms with Gasteiger partial charge in [0.2, 0.25) is 0 Å². The van der Waals surface area contributed by atoms with Crippen molar-refractivity contribution < 1.29 is 27.4 Å². The summed E-state index contributed by atoms with van der Waals surface area (Å²) < 4.78 is 36.7. The third-order valence-electron chi connectivity index (χ3n) is 3.29. The van der Waals surface area contributed by atoms with Crippen LogP contribution in [0.2, 0.25) is 0 Å². The molecule has 1 amide bonds. The minimum atomic E-state index is -4.81. The number of nitrogens with zero attached hydrogens (tertiary/aromatic N) is 1. The molecule has 11 nitrogen and oxygen atoms in total. The summed E-state index contributed by atoms with van der Waals surface area (Å²) in [5, 5.41) is 13.8. The van der Waals surface area contributed by atoms with Gasteiger partial charge in [-0.2, -0.15) is 8.42 Å². The Kier molecular flexibility index (Phi) is 8.02. The van der Waals surface area contributed by atoms with E-state index in [2.05, 4.69) is 10.1 Å². The third-order valence-corrected chi connectivity index (χ3v) is 5.46. The minimum Gasteiger partial charge on any atom is -0.453 e. The maximum atomic E-state index is 11.6. The fraction of sp³-hybridized carbons (Fsp3) is 0.357. The second kappa shape index (κ2) is 9.55. The zero-order valence-electron chi connectivity index (χ0n) is 14.5. The molecule has 0 aliphatic carbocycles. The highest BCUT2D eigenvalue weighted by molar-refractivity contribution is 7.99. The average Bonchev–Trinajstić information content (AvgIpc) is 2.58. The molecule has 1 aromatic rings. The molecule has 0 aliphatic rings. The molecule has 0 saturated carbocycles. The molecular formula is C14H20N4O7S2. The van der Waals surface area contributed by atoms with Crippen molar-refractivity contribution in [3.8, 4) is 0 Å². The summed E-state index contributed by atoms with van der Waals surface area (Å²) in [4.78, 5) is 22.0. The first kappa shape index (κ1) is 22.7. The van der Waals surface area contributed by atoms with E-state index in [1.165, 1.54) is 23.9 Å². The molecule has 0 aliphatic heterocycles. The van der Waals surface area contributed by atoms with E-state index in [1.807, 2.05) is 6.92 Å². The number of nitro benzene ring substituents is 1. The Balaban J connectivity index is 3.69. The first-order valence-corrected chi connectivity index (χ1v) is 9.94. The van der Waals surface area contributed by atoms with Gasteiger partial charge in [-0.1, -0.05) is 6.92 Å². The van der Waals surface area contributed by atoms with Crippen LogP contribution in [0.3, 0.4) is 0 Å². The van der Waals surface area contributed by atoms with E-state index >= 15 is 0 Å². The van der Waals surface area contributed by atoms with Crippen LogP contribution in [-0.4, -0.2) is 36.8 Å². The van der Waals surface area contributed by atoms with Crippen LogP contribution in [0.15, 0.2) is 28.1 Å². The van der Waals surface area contributed by atoms with E-state index in [9.17, 15) is 27.9 Å². The summed E-state index contributed by atoms with van der Waals surface area (Å²) in [6.07, 6.45) is 0.393. The molecule has 1 rings (SSSR count). The number of nitrogens with two attached hydrogens (primary N) is 2. The second-order valence-corrected chi connectivity index (χ2v) is 7.74. The van der Waals surface area contributed by atoms with E-state index in [4.69, 9.17) is 11.5 Å². The van der Waals surface area contributed by atoms with Crippen molar-refractivity contribution in [1.29, 1.82) is 0 Å². The van der Waals surface area contributed by atoms with Gasteiger partial charge in [0.15, 0.2) is 0 Å². The number of methoxy groups -OCH3 is 1. The van der Waals surface area contributed by atoms with Gasteiger partial charge in [0.1, 0.15) is 10.6 Å². The number of nitrogens with one attached hydrogen (secondary N) is 1. The van der Waals surface area contributed by atoms with Crippen molar-refractivity contribution in [2.24, 2.45) is 11.5 Å². The average molecular weight is 420 g/mol. The molecule has 1 atom stereocenters. The number of thioether (sulfide) groups is 1. The molecule has 0 heterocycles. The molecule has 27 heavy (non-hydrogen) atoms. The highest BCUT2D eigenvalue weighted by Crippen LogP contribution is 2.39. The molecule has 13 heteroatoms. The van der Waals surface area contributed by atoms with Crippen LogP contribution in [0.1, 0.15) is 24.9 Å². The van der Waals surface area contributed by atoms with Gasteiger partial charge in [0.25, 0.3) is 15.8 Å². The number of hydrogen-bond acceptors (Lipinski definition) is 9. The minimum absolute atomic E-state index is 0.231. The lowest BCUT2D eigenvalue weighted by Crippen LogP contribution is -2.22. The van der Waals surface area contributed by atoms with Crippen LogP contribution < -0.4 is 16.8 Å². The molecule has 0 aromatic heterocycles. The van der Waals surface area contributed by atoms with Crippen LogP contribution >= 0.6 is 11.8 Å². The molecule has 0 saturated heterocycles. The van der Waals surface area contributed by atoms with Gasteiger partial charge in [-0.15, -0.1) is 11.8 Å². The number of amides is 1. The van der Waals surface area contributed by atoms with E-state index in [0.717, 1.165) is 13.5 Å². The predicted molar refractivity (Wildman–Crippen MR) is 101 cm³/mol. The van der Waals surface area contributed by atoms with Gasteiger partial charge in [0.05, 0.1) is 23.6 Å². The van der Waals surface area contributed by atoms with Crippen molar-refractivity contribution in [3.05, 3.63) is 38.9 Å². The summed E-state index contributed by atoms with van der Waals surface area (Å²) >= 11 is 1.32. The molecule has 0 radical (unpaired) electrons. The van der Waals surface area contributed by atoms with Crippen molar-refractivity contribution in [2.75, 3.05) is 18.2 Å². The number of nitro groups is 1. The van der Waals surface area contributed by atoms with Gasteiger partial charge < -0.3 is 16.2 Å². The number of ether oxygens (including phenoxy) is 1. The topological polar surface area (TPSA) is 188 Å². The van der Waals surface area contributed by atoms with Crippen molar-refractivity contribution >= 4 is 39.3 Å². The lowest BCUT2D eigenvalue weighted by Gasteiger charge is -2.17. The SMILES string of the molecule is CCCSc1cc(NC(=O)OC)c([N+](=O)[O-])c(C(N)C(=CN)S(=O)(=O)O)c1. The van der Waals surface area contributed by atoms with Crippen molar-refractivity contribution in [2.45, 2.75) is 24.3 Å². The first-order valence-electron chi connectivity index (χ1n) is 7.51. The third kappa shape index (κ3) is 5.82. The largest absolute Gasteiger partial charge is 0.453 e. The van der Waals surface area contributed by atoms with Crippen molar-refractivity contribution in [3.63, 3.8) is 0 Å². The highest BCUT2D eigenvalue weighted by Gasteiger charge is 2.32. The number of carbonyl (C=O) groups excluding carboxylic acids is 1. The smallest absolute Gasteiger partial charge is 0.411 e. The molecule has 150 valence electrons. The predicted octanol–water partition coefficient (Wildman–Crippen LogP) is 1.96. The Morgan fingerprint density at radius 1 is 1.52 bits per heavy atom. The van der Waals surface area contributed by atoms with E-state index in [0.29, 0.717) is 16.8 Å². The molecule has 1 aromatic carbocycles. The van der Waals surface area contributed by atoms with Crippen LogP contribution in [0, 0.1) is 10.1 Å². The molecule has 0 fully saturated rings. The fourth-order valence-electron chi connectivity index (χ4n) is 2.13. The first-order chi connectivity index (χ1) is 12.6. The Morgan fingerprint density at radius 3 is 2.59 bits per heavy atom. The number of carbonyl (C=O) groups is 1. The van der Waals surface area contributed by atoms with Crippen LogP contribution in [0.5, 0.6) is 0 Å². The van der Waals surface area contributed by atoms with Gasteiger partial charge in [0, 0.05) is 11.1 Å². The Bertz CT molecular complexity index is 855. The van der Waals surface area contributed by atoms with Crippen LogP contribution in [0.4, 0.5) is 16.2 Å². The molecule has 0 spiro atoms. The number of benzene rings is 1. The number of rotatable bonds is 8. The lowest BCUT2D eigenvalue weighted by molar-refractivity contribution is -0.384. The Morgan fingerprint density at radius 2 is 2.15 bits per heavy atom. The van der Waals surface area contributed by atoms with E-state index in [1.54, 1.807) is 0 Å². The second-order valence-electron chi connectivity index (χ2n) is 5.15. The quantitative estimate of drug-likeness (QED) is 0.209. The fourth-order valence-corrected chi connectivity index (χ4v) is 3.60. The Hall–Kier alpha value is -2.35. The number of hydrogen-bond donors (Lipinski definition) is 4. The maximum absolute atomic E-state index is 11.6. The summed E-state index contributed by atoms with van der Waals surface area (Å²) in [5.41, 5.74) is 9.97. The summed E-state index contributed by atoms with van der Waals surface area (Å²) in [6, 6.07) is 1.04. The molecule has 6 N–H and O–H groups in total. The van der Waals surface area contributed by atoms with E-state index in [-0.39, 0.29) is 11.3 Å². The molecule has 0 bridgehead atoms. The summed E-state index contributed by atoms with van der Waals surface area (Å²) in [7, 11) is -3.73. The number of anilines is 1. The summed E-state index contributed by atoms with van der Waals surface area (Å²) in [6.45, 7) is 1.92. The lowest BCUT2D eigenvalue weighted by atomic mass is 10.0. The monoisotopic (exact) mass is 420 g/mol. The summed E-state index contributed by atoms with van der Waals surface area (Å²) in [5.74, 6) is 0.655. The zero-order chi connectivity index (χ0) is 20.8. The zero-order valence-corrected chi connectivity index (χ0v) is 16.2. The van der Waals surface area contributed by atoms with Gasteiger partial charge in [-0.25, -0.2) is 4.79 Å². The maximum Gasteiger partial charge on any atom is 0.411 e. The normalized spacial score (nSPS) is 13.1. The van der Waals surface area contributed by atoms with Crippen LogP contribution in [-0.2, 0) is 14.9 Å². The van der Waals surface area contributed by atoms with Gasteiger partial charge >= 0.3 is 6.09 Å². The van der Waals surface area contributed by atoms with Gasteiger partial charge in [-0.05, 0) is 24.3 Å². The van der Waals surface area contributed by atoms with E-state index < -0.39 is 37.8 Å². The van der Waals surface area contributed by atoms with Crippen molar-refractivity contribution in [1.82, 2.24) is 0 Å². The standard InChI is InChI=1S/C14H20N4O7S2/c1-3-4-26-8-5-9(12(16)11(7-15)27(22,23)24)13(18(20)21)10(6-8)17-14(19)25-2/h5-7,12H,3-4,15-16H2,1-2H3,(H,17,19)(H,22,23,24). The highest BCUT2D eigenvalue weighted by atomic mass is 32.2. The Labute approximate surface area is 160 Å². The molecular weight excluding hydrogens is 400 g/mol. The molecule has 1 unspecified atom stereocenters.